The van der Waals surface area contributed by atoms with Gasteiger partial charge in [0.1, 0.15) is 11.6 Å². The lowest BCUT2D eigenvalue weighted by Crippen LogP contribution is -2.24. The minimum absolute atomic E-state index is 0.146. The Hall–Kier alpha value is -1.85. The van der Waals surface area contributed by atoms with E-state index < -0.39 is 5.82 Å². The highest BCUT2D eigenvalue weighted by atomic mass is 32.2. The molecule has 0 saturated carbocycles. The predicted molar refractivity (Wildman–Crippen MR) is 102 cm³/mol. The van der Waals surface area contributed by atoms with Crippen LogP contribution in [0, 0.1) is 5.82 Å². The Morgan fingerprint density at radius 1 is 1.27 bits per heavy atom. The number of hydrogen-bond acceptors (Lipinski definition) is 4. The lowest BCUT2D eigenvalue weighted by atomic mass is 9.99. The maximum Gasteiger partial charge on any atom is 0.167 e. The first-order chi connectivity index (χ1) is 12.7. The topological polar surface area (TPSA) is 29.5 Å². The Kier molecular flexibility index (Phi) is 5.27. The van der Waals surface area contributed by atoms with Crippen LogP contribution in [0.25, 0.3) is 0 Å². The molecule has 2 aromatic rings. The van der Waals surface area contributed by atoms with E-state index in [4.69, 9.17) is 4.74 Å². The number of carbonyl (C=O) groups is 1. The Morgan fingerprint density at radius 2 is 2.12 bits per heavy atom. The average Bonchev–Trinajstić information content (AvgIpc) is 3.15. The number of rotatable bonds is 5. The van der Waals surface area contributed by atoms with E-state index in [-0.39, 0.29) is 11.3 Å². The summed E-state index contributed by atoms with van der Waals surface area (Å²) >= 11 is 1.57. The van der Waals surface area contributed by atoms with Crippen LogP contribution in [0.4, 0.5) is 4.39 Å². The van der Waals surface area contributed by atoms with Gasteiger partial charge >= 0.3 is 0 Å². The number of Topliss-reactive ketones (excluding diaryl/α,β-unsaturated/α-hetero) is 1. The third kappa shape index (κ3) is 3.79. The van der Waals surface area contributed by atoms with Crippen molar-refractivity contribution in [3.05, 3.63) is 59.4 Å². The molecule has 1 saturated heterocycles. The number of ketones is 1. The van der Waals surface area contributed by atoms with Gasteiger partial charge in [-0.1, -0.05) is 30.3 Å². The molecule has 0 bridgehead atoms. The molecule has 2 aliphatic rings. The van der Waals surface area contributed by atoms with Crippen molar-refractivity contribution in [2.45, 2.75) is 23.7 Å². The molecule has 2 aliphatic heterocycles. The highest BCUT2D eigenvalue weighted by Crippen LogP contribution is 2.35. The summed E-state index contributed by atoms with van der Waals surface area (Å²) in [5.41, 5.74) is 1.52. The van der Waals surface area contributed by atoms with E-state index in [0.29, 0.717) is 31.2 Å². The van der Waals surface area contributed by atoms with Crippen LogP contribution in [0.5, 0.6) is 5.75 Å². The fourth-order valence-corrected chi connectivity index (χ4v) is 4.54. The van der Waals surface area contributed by atoms with E-state index >= 15 is 0 Å². The van der Waals surface area contributed by atoms with Crippen LogP contribution in [0.1, 0.15) is 34.7 Å². The van der Waals surface area contributed by atoms with Crippen molar-refractivity contribution in [2.75, 3.05) is 32.0 Å². The van der Waals surface area contributed by atoms with E-state index in [1.54, 1.807) is 17.8 Å². The van der Waals surface area contributed by atoms with Gasteiger partial charge in [0.05, 0.1) is 17.1 Å². The Balaban J connectivity index is 1.36. The second-order valence-corrected chi connectivity index (χ2v) is 7.98. The molecule has 0 spiro atoms. The Labute approximate surface area is 157 Å². The molecule has 0 amide bonds. The number of halogens is 1. The van der Waals surface area contributed by atoms with Crippen molar-refractivity contribution in [1.29, 1.82) is 0 Å². The molecule has 5 heteroatoms. The molecule has 2 aromatic carbocycles. The van der Waals surface area contributed by atoms with Crippen molar-refractivity contribution >= 4 is 17.5 Å². The third-order valence-electron chi connectivity index (χ3n) is 5.13. The van der Waals surface area contributed by atoms with Crippen LogP contribution >= 0.6 is 11.8 Å². The van der Waals surface area contributed by atoms with E-state index in [2.05, 4.69) is 29.2 Å². The number of nitrogens with zero attached hydrogens (tertiary/aromatic N) is 1. The molecule has 1 unspecified atom stereocenters. The number of carbonyl (C=O) groups excluding carboxylic acids is 1. The Morgan fingerprint density at radius 3 is 2.96 bits per heavy atom. The maximum atomic E-state index is 14.3. The van der Waals surface area contributed by atoms with Gasteiger partial charge in [-0.2, -0.15) is 0 Å². The average molecular weight is 371 g/mol. The van der Waals surface area contributed by atoms with Crippen molar-refractivity contribution in [1.82, 2.24) is 4.90 Å². The van der Waals surface area contributed by atoms with Gasteiger partial charge in [-0.3, -0.25) is 4.79 Å². The van der Waals surface area contributed by atoms with Crippen LogP contribution in [0.3, 0.4) is 0 Å². The lowest BCUT2D eigenvalue weighted by Gasteiger charge is -2.18. The number of thioether (sulfide) groups is 1. The maximum absolute atomic E-state index is 14.3. The van der Waals surface area contributed by atoms with Crippen molar-refractivity contribution < 1.29 is 13.9 Å². The summed E-state index contributed by atoms with van der Waals surface area (Å²) < 4.78 is 19.9. The molecule has 0 aliphatic carbocycles. The van der Waals surface area contributed by atoms with Crippen molar-refractivity contribution in [2.24, 2.45) is 0 Å². The molecular weight excluding hydrogens is 349 g/mol. The summed E-state index contributed by atoms with van der Waals surface area (Å²) in [5.74, 6) is 1.40. The highest BCUT2D eigenvalue weighted by Gasteiger charge is 2.25. The molecule has 0 N–H and O–H groups in total. The van der Waals surface area contributed by atoms with Crippen molar-refractivity contribution in [3.8, 4) is 5.75 Å². The predicted octanol–water partition coefficient (Wildman–Crippen LogP) is 4.37. The Bertz CT molecular complexity index is 796. The van der Waals surface area contributed by atoms with Gasteiger partial charge in [-0.15, -0.1) is 11.8 Å². The summed E-state index contributed by atoms with van der Waals surface area (Å²) in [6.07, 6.45) is 1.45. The number of hydrogen-bond donors (Lipinski definition) is 0. The zero-order chi connectivity index (χ0) is 17.9. The molecule has 3 nitrogen and oxygen atoms in total. The molecule has 26 heavy (non-hydrogen) atoms. The van der Waals surface area contributed by atoms with Crippen LogP contribution < -0.4 is 4.74 Å². The van der Waals surface area contributed by atoms with Crippen LogP contribution in [-0.2, 0) is 0 Å². The molecule has 4 rings (SSSR count). The summed E-state index contributed by atoms with van der Waals surface area (Å²) in [6.45, 7) is 3.23. The highest BCUT2D eigenvalue weighted by molar-refractivity contribution is 7.99. The first-order valence-corrected chi connectivity index (χ1v) is 10.1. The molecule has 0 aromatic heterocycles. The van der Waals surface area contributed by atoms with Crippen LogP contribution in [0.2, 0.25) is 0 Å². The minimum Gasteiger partial charge on any atom is -0.492 e. The van der Waals surface area contributed by atoms with Gasteiger partial charge in [-0.05, 0) is 36.6 Å². The molecule has 1 fully saturated rings. The summed E-state index contributed by atoms with van der Waals surface area (Å²) in [4.78, 5) is 15.6. The number of fused-ring (bicyclic) bond motifs is 1. The van der Waals surface area contributed by atoms with E-state index in [9.17, 15) is 9.18 Å². The smallest absolute Gasteiger partial charge is 0.167 e. The van der Waals surface area contributed by atoms with Gasteiger partial charge in [0.2, 0.25) is 0 Å². The van der Waals surface area contributed by atoms with Gasteiger partial charge in [-0.25, -0.2) is 4.39 Å². The number of ether oxygens (including phenoxy) is 1. The van der Waals surface area contributed by atoms with E-state index in [1.165, 1.54) is 11.6 Å². The minimum atomic E-state index is -0.435. The summed E-state index contributed by atoms with van der Waals surface area (Å²) in [7, 11) is 0. The van der Waals surface area contributed by atoms with Gasteiger partial charge in [0.15, 0.2) is 5.78 Å². The first-order valence-electron chi connectivity index (χ1n) is 9.10. The van der Waals surface area contributed by atoms with Crippen LogP contribution in [-0.4, -0.2) is 42.7 Å². The standard InChI is InChI=1S/C21H22FNO2S/c22-18-13-21-20(25-10-11-26-21)12-17(18)19(24)7-9-23-8-6-16(14-23)15-4-2-1-3-5-15/h1-5,12-13,16H,6-11,14H2. The van der Waals surface area contributed by atoms with Crippen LogP contribution in [0.15, 0.2) is 47.4 Å². The second-order valence-electron chi connectivity index (χ2n) is 6.85. The van der Waals surface area contributed by atoms with E-state index in [0.717, 1.165) is 30.2 Å². The zero-order valence-corrected chi connectivity index (χ0v) is 15.4. The van der Waals surface area contributed by atoms with E-state index in [1.807, 2.05) is 6.07 Å². The summed E-state index contributed by atoms with van der Waals surface area (Å²) in [5, 5.41) is 0. The molecule has 1 atom stereocenters. The molecular formula is C21H22FNO2S. The van der Waals surface area contributed by atoms with Crippen molar-refractivity contribution in [3.63, 3.8) is 0 Å². The normalized spacial score (nSPS) is 19.8. The van der Waals surface area contributed by atoms with Gasteiger partial charge in [0.25, 0.3) is 0 Å². The fraction of sp³-hybridized carbons (Fsp3) is 0.381. The molecule has 0 radical (unpaired) electrons. The monoisotopic (exact) mass is 371 g/mol. The third-order valence-corrected chi connectivity index (χ3v) is 6.13. The SMILES string of the molecule is O=C(CCN1CCC(c2ccccc2)C1)c1cc2c(cc1F)SCCO2. The number of benzene rings is 2. The second kappa shape index (κ2) is 7.80. The first kappa shape index (κ1) is 17.6. The van der Waals surface area contributed by atoms with Gasteiger partial charge < -0.3 is 9.64 Å². The number of likely N-dealkylation sites (tertiary alicyclic amines) is 1. The molecule has 136 valence electrons. The summed E-state index contributed by atoms with van der Waals surface area (Å²) in [6, 6.07) is 13.5. The lowest BCUT2D eigenvalue weighted by molar-refractivity contribution is 0.0964. The fourth-order valence-electron chi connectivity index (χ4n) is 3.71. The van der Waals surface area contributed by atoms with Gasteiger partial charge in [0, 0.05) is 25.3 Å². The zero-order valence-electron chi connectivity index (χ0n) is 14.6. The largest absolute Gasteiger partial charge is 0.492 e. The quantitative estimate of drug-likeness (QED) is 0.730. The molecule has 2 heterocycles.